The maximum absolute atomic E-state index is 12.5. The third-order valence-electron chi connectivity index (χ3n) is 4.86. The molecule has 1 amide bonds. The molecule has 138 valence electrons. The van der Waals surface area contributed by atoms with Crippen molar-refractivity contribution in [1.82, 2.24) is 5.32 Å². The van der Waals surface area contributed by atoms with Gasteiger partial charge in [-0.15, -0.1) is 0 Å². The number of aliphatic hydroxyl groups excluding tert-OH is 1. The zero-order valence-electron chi connectivity index (χ0n) is 14.9. The fourth-order valence-electron chi connectivity index (χ4n) is 3.28. The van der Waals surface area contributed by atoms with E-state index in [0.29, 0.717) is 38.0 Å². The van der Waals surface area contributed by atoms with Gasteiger partial charge in [0.05, 0.1) is 4.92 Å². The number of rotatable bonds is 7. The van der Waals surface area contributed by atoms with Crippen LogP contribution >= 0.6 is 0 Å². The number of nitro benzene ring substituents is 1. The van der Waals surface area contributed by atoms with Crippen LogP contribution in [-0.4, -0.2) is 41.7 Å². The van der Waals surface area contributed by atoms with Crippen LogP contribution in [0.1, 0.15) is 33.1 Å². The van der Waals surface area contributed by atoms with Gasteiger partial charge in [-0.25, -0.2) is 0 Å². The summed E-state index contributed by atoms with van der Waals surface area (Å²) in [5.74, 6) is 0.205. The molecule has 2 rings (SSSR count). The number of carbonyl (C=O) groups excluding carboxylic acids is 1. The Hall–Kier alpha value is -2.15. The highest BCUT2D eigenvalue weighted by atomic mass is 16.6. The van der Waals surface area contributed by atoms with Gasteiger partial charge in [0, 0.05) is 37.7 Å². The first kappa shape index (κ1) is 19.2. The van der Waals surface area contributed by atoms with Crippen LogP contribution in [0.15, 0.2) is 24.3 Å². The fraction of sp³-hybridized carbons (Fsp3) is 0.611. The molecule has 7 nitrogen and oxygen atoms in total. The third kappa shape index (κ3) is 4.92. The van der Waals surface area contributed by atoms with E-state index >= 15 is 0 Å². The number of nitro groups is 1. The molecule has 0 spiro atoms. The maximum Gasteiger partial charge on any atom is 0.292 e. The molecule has 1 fully saturated rings. The molecule has 1 aromatic rings. The summed E-state index contributed by atoms with van der Waals surface area (Å²) in [6.07, 6.45) is 1.89. The van der Waals surface area contributed by atoms with Crippen molar-refractivity contribution < 1.29 is 14.8 Å². The number of nitrogens with one attached hydrogen (secondary N) is 1. The number of aliphatic hydroxyl groups is 1. The molecule has 1 atom stereocenters. The summed E-state index contributed by atoms with van der Waals surface area (Å²) < 4.78 is 0. The first-order chi connectivity index (χ1) is 11.9. The lowest BCUT2D eigenvalue weighted by molar-refractivity contribution is -0.384. The van der Waals surface area contributed by atoms with Gasteiger partial charge in [-0.2, -0.15) is 0 Å². The minimum absolute atomic E-state index is 0.0225. The number of nitrogens with zero attached hydrogens (tertiary/aromatic N) is 2. The van der Waals surface area contributed by atoms with Gasteiger partial charge in [0.15, 0.2) is 0 Å². The van der Waals surface area contributed by atoms with Crippen molar-refractivity contribution >= 4 is 17.3 Å². The van der Waals surface area contributed by atoms with Crippen molar-refractivity contribution in [1.29, 1.82) is 0 Å². The molecule has 1 saturated heterocycles. The van der Waals surface area contributed by atoms with Gasteiger partial charge in [0.1, 0.15) is 5.69 Å². The van der Waals surface area contributed by atoms with Gasteiger partial charge in [-0.05, 0) is 31.2 Å². The van der Waals surface area contributed by atoms with Crippen LogP contribution in [0.4, 0.5) is 11.4 Å². The van der Waals surface area contributed by atoms with Crippen LogP contribution < -0.4 is 10.2 Å². The average molecular weight is 349 g/mol. The number of para-hydroxylation sites is 2. The quantitative estimate of drug-likeness (QED) is 0.582. The SMILES string of the molecule is CC(C)C(CCO)NC(=O)C1CCN(c2ccccc2[N+](=O)[O-])CC1. The van der Waals surface area contributed by atoms with Crippen LogP contribution in [0.5, 0.6) is 0 Å². The van der Waals surface area contributed by atoms with Crippen LogP contribution in [0, 0.1) is 22.0 Å². The summed E-state index contributed by atoms with van der Waals surface area (Å²) in [6.45, 7) is 5.35. The predicted molar refractivity (Wildman–Crippen MR) is 96.5 cm³/mol. The Balaban J connectivity index is 1.95. The van der Waals surface area contributed by atoms with Crippen LogP contribution in [0.2, 0.25) is 0 Å². The normalized spacial score (nSPS) is 16.7. The zero-order chi connectivity index (χ0) is 18.4. The second-order valence-corrected chi connectivity index (χ2v) is 6.88. The highest BCUT2D eigenvalue weighted by Crippen LogP contribution is 2.31. The molecule has 0 bridgehead atoms. The molecule has 0 radical (unpaired) electrons. The molecule has 2 N–H and O–H groups in total. The largest absolute Gasteiger partial charge is 0.396 e. The number of hydrogen-bond donors (Lipinski definition) is 2. The number of anilines is 1. The minimum atomic E-state index is -0.365. The topological polar surface area (TPSA) is 95.7 Å². The van der Waals surface area contributed by atoms with E-state index in [1.165, 1.54) is 6.07 Å². The van der Waals surface area contributed by atoms with E-state index in [1.807, 2.05) is 18.7 Å². The number of piperidine rings is 1. The molecule has 0 aliphatic carbocycles. The second kappa shape index (κ2) is 8.80. The van der Waals surface area contributed by atoms with Crippen molar-refractivity contribution in [3.63, 3.8) is 0 Å². The van der Waals surface area contributed by atoms with Crippen molar-refractivity contribution in [3.05, 3.63) is 34.4 Å². The molecule has 1 aliphatic heterocycles. The van der Waals surface area contributed by atoms with E-state index < -0.39 is 0 Å². The lowest BCUT2D eigenvalue weighted by Gasteiger charge is -2.33. The summed E-state index contributed by atoms with van der Waals surface area (Å²) in [7, 11) is 0. The zero-order valence-corrected chi connectivity index (χ0v) is 14.9. The molecular weight excluding hydrogens is 322 g/mol. The highest BCUT2D eigenvalue weighted by molar-refractivity contribution is 5.79. The number of hydrogen-bond acceptors (Lipinski definition) is 5. The van der Waals surface area contributed by atoms with Gasteiger partial charge >= 0.3 is 0 Å². The second-order valence-electron chi connectivity index (χ2n) is 6.88. The maximum atomic E-state index is 12.5. The Bertz CT molecular complexity index is 598. The third-order valence-corrected chi connectivity index (χ3v) is 4.86. The summed E-state index contributed by atoms with van der Waals surface area (Å²) in [5.41, 5.74) is 0.722. The van der Waals surface area contributed by atoms with E-state index in [-0.39, 0.29) is 41.0 Å². The first-order valence-corrected chi connectivity index (χ1v) is 8.83. The van der Waals surface area contributed by atoms with E-state index in [0.717, 1.165) is 0 Å². The van der Waals surface area contributed by atoms with Crippen LogP contribution in [-0.2, 0) is 4.79 Å². The highest BCUT2D eigenvalue weighted by Gasteiger charge is 2.29. The standard InChI is InChI=1S/C18H27N3O4/c1-13(2)15(9-12-22)19-18(23)14-7-10-20(11-8-14)16-5-3-4-6-17(16)21(24)25/h3-6,13-15,22H,7-12H2,1-2H3,(H,19,23). The van der Waals surface area contributed by atoms with E-state index in [2.05, 4.69) is 5.32 Å². The van der Waals surface area contributed by atoms with Crippen molar-refractivity contribution in [3.8, 4) is 0 Å². The molecule has 1 heterocycles. The van der Waals surface area contributed by atoms with E-state index in [9.17, 15) is 14.9 Å². The van der Waals surface area contributed by atoms with Gasteiger partial charge in [0.25, 0.3) is 5.69 Å². The molecule has 7 heteroatoms. The van der Waals surface area contributed by atoms with Crippen molar-refractivity contribution in [2.75, 3.05) is 24.6 Å². The summed E-state index contributed by atoms with van der Waals surface area (Å²) in [6, 6.07) is 6.70. The lowest BCUT2D eigenvalue weighted by Crippen LogP contribution is -2.46. The monoisotopic (exact) mass is 349 g/mol. The summed E-state index contributed by atoms with van der Waals surface area (Å²) in [4.78, 5) is 25.3. The summed E-state index contributed by atoms with van der Waals surface area (Å²) in [5, 5.41) is 23.4. The molecule has 1 unspecified atom stereocenters. The molecule has 25 heavy (non-hydrogen) atoms. The Morgan fingerprint density at radius 1 is 1.36 bits per heavy atom. The smallest absolute Gasteiger partial charge is 0.292 e. The predicted octanol–water partition coefficient (Wildman–Crippen LogP) is 2.33. The van der Waals surface area contributed by atoms with Gasteiger partial charge in [-0.1, -0.05) is 26.0 Å². The molecule has 0 saturated carbocycles. The summed E-state index contributed by atoms with van der Waals surface area (Å²) >= 11 is 0. The first-order valence-electron chi connectivity index (χ1n) is 8.83. The fourth-order valence-corrected chi connectivity index (χ4v) is 3.28. The minimum Gasteiger partial charge on any atom is -0.396 e. The molecule has 1 aliphatic rings. The lowest BCUT2D eigenvalue weighted by atomic mass is 9.93. The van der Waals surface area contributed by atoms with Gasteiger partial charge in [-0.3, -0.25) is 14.9 Å². The number of carbonyl (C=O) groups is 1. The Morgan fingerprint density at radius 2 is 2.00 bits per heavy atom. The van der Waals surface area contributed by atoms with Crippen molar-refractivity contribution in [2.45, 2.75) is 39.2 Å². The molecular formula is C18H27N3O4. The van der Waals surface area contributed by atoms with E-state index in [4.69, 9.17) is 5.11 Å². The Kier molecular flexibility index (Phi) is 6.75. The molecule has 0 aromatic heterocycles. The van der Waals surface area contributed by atoms with Crippen LogP contribution in [0.25, 0.3) is 0 Å². The van der Waals surface area contributed by atoms with E-state index in [1.54, 1.807) is 18.2 Å². The van der Waals surface area contributed by atoms with Gasteiger partial charge in [0.2, 0.25) is 5.91 Å². The Morgan fingerprint density at radius 3 is 2.56 bits per heavy atom. The number of amides is 1. The van der Waals surface area contributed by atoms with Crippen LogP contribution in [0.3, 0.4) is 0 Å². The molecule has 1 aromatic carbocycles. The van der Waals surface area contributed by atoms with Crippen molar-refractivity contribution in [2.24, 2.45) is 11.8 Å². The Labute approximate surface area is 148 Å². The van der Waals surface area contributed by atoms with Gasteiger partial charge < -0.3 is 15.3 Å². The average Bonchev–Trinajstić information content (AvgIpc) is 2.61. The number of benzene rings is 1.